The summed E-state index contributed by atoms with van der Waals surface area (Å²) in [5.41, 5.74) is 0. The Morgan fingerprint density at radius 2 is 2.33 bits per heavy atom. The van der Waals surface area contributed by atoms with Crippen molar-refractivity contribution in [1.29, 1.82) is 0 Å². The fraction of sp³-hybridized carbons (Fsp3) is 0.778. The zero-order valence-electron chi connectivity index (χ0n) is 9.32. The smallest absolute Gasteiger partial charge is 0.321 e. The molecule has 0 aromatic carbocycles. The first kappa shape index (κ1) is 11.9. The second-order valence-corrected chi connectivity index (χ2v) is 2.97. The molecule has 0 spiro atoms. The maximum atomic E-state index is 5.33. The van der Waals surface area contributed by atoms with Crippen molar-refractivity contribution < 1.29 is 14.0 Å². The van der Waals surface area contributed by atoms with Crippen molar-refractivity contribution in [3.05, 3.63) is 5.82 Å². The van der Waals surface area contributed by atoms with Gasteiger partial charge >= 0.3 is 6.01 Å². The zero-order chi connectivity index (χ0) is 11.1. The molecule has 6 heteroatoms. The lowest BCUT2D eigenvalue weighted by Crippen LogP contribution is -2.08. The molecule has 1 unspecified atom stereocenters. The Kier molecular flexibility index (Phi) is 5.06. The first-order valence-corrected chi connectivity index (χ1v) is 4.96. The molecule has 0 saturated heterocycles. The van der Waals surface area contributed by atoms with Crippen LogP contribution in [-0.2, 0) is 9.47 Å². The Morgan fingerprint density at radius 1 is 1.53 bits per heavy atom. The third-order valence-corrected chi connectivity index (χ3v) is 1.80. The third kappa shape index (κ3) is 3.85. The van der Waals surface area contributed by atoms with Gasteiger partial charge in [-0.1, -0.05) is 5.16 Å². The van der Waals surface area contributed by atoms with Gasteiger partial charge in [0.15, 0.2) is 0 Å². The summed E-state index contributed by atoms with van der Waals surface area (Å²) in [5.74, 6) is 0.553. The number of nitrogens with zero attached hydrogens (tertiary/aromatic N) is 2. The van der Waals surface area contributed by atoms with Gasteiger partial charge in [-0.05, 0) is 13.8 Å². The number of nitrogens with one attached hydrogen (secondary N) is 1. The van der Waals surface area contributed by atoms with E-state index in [0.29, 0.717) is 31.6 Å². The summed E-state index contributed by atoms with van der Waals surface area (Å²) in [4.78, 5) is 4.13. The van der Waals surface area contributed by atoms with Crippen LogP contribution in [0.1, 0.15) is 25.8 Å². The number of rotatable bonds is 7. The van der Waals surface area contributed by atoms with Crippen LogP contribution in [0.5, 0.6) is 0 Å². The van der Waals surface area contributed by atoms with E-state index in [1.54, 1.807) is 7.11 Å². The highest BCUT2D eigenvalue weighted by Gasteiger charge is 2.12. The number of ether oxygens (including phenoxy) is 2. The number of anilines is 1. The van der Waals surface area contributed by atoms with Crippen molar-refractivity contribution in [3.63, 3.8) is 0 Å². The topological polar surface area (TPSA) is 69.4 Å². The van der Waals surface area contributed by atoms with Crippen molar-refractivity contribution in [2.45, 2.75) is 20.0 Å². The van der Waals surface area contributed by atoms with Crippen LogP contribution in [0, 0.1) is 0 Å². The van der Waals surface area contributed by atoms with Crippen LogP contribution < -0.4 is 5.32 Å². The predicted octanol–water partition coefficient (Wildman–Crippen LogP) is 1.23. The number of hydrogen-bond acceptors (Lipinski definition) is 6. The van der Waals surface area contributed by atoms with Gasteiger partial charge < -0.3 is 19.3 Å². The summed E-state index contributed by atoms with van der Waals surface area (Å²) in [6, 6.07) is 0.397. The Morgan fingerprint density at radius 3 is 3.00 bits per heavy atom. The molecule has 0 radical (unpaired) electrons. The molecule has 86 valence electrons. The van der Waals surface area contributed by atoms with Gasteiger partial charge in [-0.2, -0.15) is 4.98 Å². The summed E-state index contributed by atoms with van der Waals surface area (Å²) in [6.07, 6.45) is -0.142. The fourth-order valence-electron chi connectivity index (χ4n) is 1.06. The Labute approximate surface area is 88.9 Å². The van der Waals surface area contributed by atoms with E-state index >= 15 is 0 Å². The van der Waals surface area contributed by atoms with Gasteiger partial charge in [0, 0.05) is 20.3 Å². The fourth-order valence-corrected chi connectivity index (χ4v) is 1.06. The number of methoxy groups -OCH3 is 1. The molecule has 1 atom stereocenters. The Balaban J connectivity index is 2.41. The molecule has 1 rings (SSSR count). The van der Waals surface area contributed by atoms with Gasteiger partial charge in [0.25, 0.3) is 0 Å². The molecule has 6 nitrogen and oxygen atoms in total. The SMILES string of the molecule is CCOC(C)c1noc(NCCOC)n1. The van der Waals surface area contributed by atoms with Crippen LogP contribution in [0.2, 0.25) is 0 Å². The van der Waals surface area contributed by atoms with Crippen LogP contribution in [0.25, 0.3) is 0 Å². The summed E-state index contributed by atoms with van der Waals surface area (Å²) < 4.78 is 15.2. The molecule has 0 amide bonds. The molecule has 0 aliphatic heterocycles. The largest absolute Gasteiger partial charge is 0.383 e. The first-order chi connectivity index (χ1) is 7.27. The maximum Gasteiger partial charge on any atom is 0.321 e. The lowest BCUT2D eigenvalue weighted by molar-refractivity contribution is 0.0683. The molecular formula is C9H17N3O3. The maximum absolute atomic E-state index is 5.33. The van der Waals surface area contributed by atoms with Crippen LogP contribution in [0.15, 0.2) is 4.52 Å². The standard InChI is InChI=1S/C9H17N3O3/c1-4-14-7(2)8-11-9(15-12-8)10-5-6-13-3/h7H,4-6H2,1-3H3,(H,10,11,12). The molecule has 1 aromatic rings. The van der Waals surface area contributed by atoms with Crippen molar-refractivity contribution >= 4 is 6.01 Å². The monoisotopic (exact) mass is 215 g/mol. The van der Waals surface area contributed by atoms with E-state index in [-0.39, 0.29) is 6.10 Å². The molecule has 0 saturated carbocycles. The second-order valence-electron chi connectivity index (χ2n) is 2.97. The molecule has 1 N–H and O–H groups in total. The molecule has 0 aliphatic rings. The molecule has 0 fully saturated rings. The van der Waals surface area contributed by atoms with E-state index in [9.17, 15) is 0 Å². The summed E-state index contributed by atoms with van der Waals surface area (Å²) in [6.45, 7) is 5.67. The van der Waals surface area contributed by atoms with E-state index in [0.717, 1.165) is 0 Å². The highest BCUT2D eigenvalue weighted by molar-refractivity contribution is 5.18. The van der Waals surface area contributed by atoms with Crippen LogP contribution >= 0.6 is 0 Å². The van der Waals surface area contributed by atoms with Crippen molar-refractivity contribution in [1.82, 2.24) is 10.1 Å². The highest BCUT2D eigenvalue weighted by Crippen LogP contribution is 2.14. The van der Waals surface area contributed by atoms with E-state index < -0.39 is 0 Å². The summed E-state index contributed by atoms with van der Waals surface area (Å²) in [5, 5.41) is 6.74. The Hall–Kier alpha value is -1.14. The van der Waals surface area contributed by atoms with Gasteiger partial charge in [-0.3, -0.25) is 0 Å². The molecular weight excluding hydrogens is 198 g/mol. The zero-order valence-corrected chi connectivity index (χ0v) is 9.32. The minimum Gasteiger partial charge on any atom is -0.383 e. The van der Waals surface area contributed by atoms with Crippen LogP contribution in [0.3, 0.4) is 0 Å². The van der Waals surface area contributed by atoms with Crippen molar-refractivity contribution in [3.8, 4) is 0 Å². The average molecular weight is 215 g/mol. The van der Waals surface area contributed by atoms with E-state index in [1.807, 2.05) is 13.8 Å². The number of aromatic nitrogens is 2. The second kappa shape index (κ2) is 6.36. The van der Waals surface area contributed by atoms with E-state index in [1.165, 1.54) is 0 Å². The van der Waals surface area contributed by atoms with Gasteiger partial charge in [-0.15, -0.1) is 0 Å². The normalized spacial score (nSPS) is 12.7. The predicted molar refractivity (Wildman–Crippen MR) is 54.7 cm³/mol. The van der Waals surface area contributed by atoms with E-state index in [2.05, 4.69) is 15.5 Å². The first-order valence-electron chi connectivity index (χ1n) is 4.96. The quantitative estimate of drug-likeness (QED) is 0.690. The van der Waals surface area contributed by atoms with Gasteiger partial charge in [-0.25, -0.2) is 0 Å². The average Bonchev–Trinajstić information content (AvgIpc) is 2.67. The van der Waals surface area contributed by atoms with Crippen LogP contribution in [-0.4, -0.2) is 37.0 Å². The molecule has 1 heterocycles. The molecule has 1 aromatic heterocycles. The Bertz CT molecular complexity index is 277. The van der Waals surface area contributed by atoms with Crippen molar-refractivity contribution in [2.75, 3.05) is 32.2 Å². The summed E-state index contributed by atoms with van der Waals surface area (Å²) >= 11 is 0. The number of hydrogen-bond donors (Lipinski definition) is 1. The lowest BCUT2D eigenvalue weighted by atomic mass is 10.4. The highest BCUT2D eigenvalue weighted by atomic mass is 16.5. The van der Waals surface area contributed by atoms with Crippen molar-refractivity contribution in [2.24, 2.45) is 0 Å². The van der Waals surface area contributed by atoms with E-state index in [4.69, 9.17) is 14.0 Å². The lowest BCUT2D eigenvalue weighted by Gasteiger charge is -2.04. The van der Waals surface area contributed by atoms with Crippen LogP contribution in [0.4, 0.5) is 6.01 Å². The summed E-state index contributed by atoms with van der Waals surface area (Å²) in [7, 11) is 1.64. The molecule has 0 aliphatic carbocycles. The molecule has 15 heavy (non-hydrogen) atoms. The minimum absolute atomic E-state index is 0.142. The minimum atomic E-state index is -0.142. The molecule has 0 bridgehead atoms. The van der Waals surface area contributed by atoms with Gasteiger partial charge in [0.1, 0.15) is 6.10 Å². The third-order valence-electron chi connectivity index (χ3n) is 1.80. The van der Waals surface area contributed by atoms with Gasteiger partial charge in [0.05, 0.1) is 6.61 Å². The van der Waals surface area contributed by atoms with Gasteiger partial charge in [0.2, 0.25) is 5.82 Å².